The summed E-state index contributed by atoms with van der Waals surface area (Å²) in [4.78, 5) is 4.04. The summed E-state index contributed by atoms with van der Waals surface area (Å²) in [6, 6.07) is 8.92. The molecule has 0 saturated carbocycles. The van der Waals surface area contributed by atoms with Gasteiger partial charge in [-0.2, -0.15) is 0 Å². The van der Waals surface area contributed by atoms with Gasteiger partial charge in [-0.15, -0.1) is 0 Å². The van der Waals surface area contributed by atoms with E-state index in [1.165, 1.54) is 0 Å². The molecule has 2 aromatic rings. The molecule has 1 aromatic heterocycles. The van der Waals surface area contributed by atoms with Crippen LogP contribution >= 0.6 is 11.6 Å². The first-order valence-corrected chi connectivity index (χ1v) is 5.18. The van der Waals surface area contributed by atoms with Gasteiger partial charge in [-0.25, -0.2) is 4.98 Å². The van der Waals surface area contributed by atoms with Crippen molar-refractivity contribution in [2.24, 2.45) is 0 Å². The molecule has 0 bridgehead atoms. The molecule has 2 rings (SSSR count). The fourth-order valence-corrected chi connectivity index (χ4v) is 1.37. The molecule has 3 nitrogen and oxygen atoms in total. The molecule has 82 valence electrons. The summed E-state index contributed by atoms with van der Waals surface area (Å²) in [6.45, 7) is 1.93. The summed E-state index contributed by atoms with van der Waals surface area (Å²) in [5.41, 5.74) is 7.44. The minimum absolute atomic E-state index is 0.508. The second-order valence-electron chi connectivity index (χ2n) is 3.44. The number of nitrogen functional groups attached to an aromatic ring is 1. The van der Waals surface area contributed by atoms with Gasteiger partial charge in [-0.05, 0) is 36.8 Å². The molecule has 0 aliphatic carbocycles. The van der Waals surface area contributed by atoms with Crippen LogP contribution in [0, 0.1) is 6.92 Å². The standard InChI is InChI=1S/C12H11ClN2O/c1-8-6-10(3-4-11(8)14)16-12-5-2-9(13)7-15-12/h2-7H,14H2,1H3. The summed E-state index contributed by atoms with van der Waals surface area (Å²) >= 11 is 5.73. The van der Waals surface area contributed by atoms with Gasteiger partial charge < -0.3 is 10.5 Å². The molecular weight excluding hydrogens is 224 g/mol. The maximum Gasteiger partial charge on any atom is 0.219 e. The van der Waals surface area contributed by atoms with Crippen LogP contribution in [-0.4, -0.2) is 4.98 Å². The summed E-state index contributed by atoms with van der Waals surface area (Å²) in [6.07, 6.45) is 1.54. The summed E-state index contributed by atoms with van der Waals surface area (Å²) in [5, 5.41) is 0.584. The molecule has 0 aliphatic heterocycles. The number of nitrogens with zero attached hydrogens (tertiary/aromatic N) is 1. The van der Waals surface area contributed by atoms with Crippen LogP contribution < -0.4 is 10.5 Å². The molecule has 0 aliphatic rings. The molecule has 0 radical (unpaired) electrons. The number of ether oxygens (including phenoxy) is 1. The Morgan fingerprint density at radius 1 is 1.25 bits per heavy atom. The number of hydrogen-bond acceptors (Lipinski definition) is 3. The van der Waals surface area contributed by atoms with E-state index in [9.17, 15) is 0 Å². The van der Waals surface area contributed by atoms with Crippen LogP contribution in [0.3, 0.4) is 0 Å². The lowest BCUT2D eigenvalue weighted by molar-refractivity contribution is 0.463. The number of anilines is 1. The van der Waals surface area contributed by atoms with Crippen LogP contribution in [0.5, 0.6) is 11.6 Å². The Balaban J connectivity index is 2.20. The zero-order chi connectivity index (χ0) is 11.5. The maximum absolute atomic E-state index is 5.73. The number of nitrogens with two attached hydrogens (primary N) is 1. The molecule has 1 aromatic carbocycles. The lowest BCUT2D eigenvalue weighted by atomic mass is 10.2. The SMILES string of the molecule is Cc1cc(Oc2ccc(Cl)cn2)ccc1N. The highest BCUT2D eigenvalue weighted by Crippen LogP contribution is 2.23. The van der Waals surface area contributed by atoms with Gasteiger partial charge in [0.25, 0.3) is 0 Å². The Labute approximate surface area is 98.8 Å². The van der Waals surface area contributed by atoms with Gasteiger partial charge in [-0.1, -0.05) is 11.6 Å². The van der Waals surface area contributed by atoms with Crippen LogP contribution in [0.1, 0.15) is 5.56 Å². The van der Waals surface area contributed by atoms with Crippen molar-refractivity contribution in [3.05, 3.63) is 47.1 Å². The lowest BCUT2D eigenvalue weighted by Gasteiger charge is -2.06. The van der Waals surface area contributed by atoms with Gasteiger partial charge in [0, 0.05) is 18.0 Å². The number of aryl methyl sites for hydroxylation is 1. The fourth-order valence-electron chi connectivity index (χ4n) is 1.26. The van der Waals surface area contributed by atoms with Crippen molar-refractivity contribution in [3.63, 3.8) is 0 Å². The third-order valence-corrected chi connectivity index (χ3v) is 2.39. The van der Waals surface area contributed by atoms with E-state index in [-0.39, 0.29) is 0 Å². The number of halogens is 1. The van der Waals surface area contributed by atoms with Crippen molar-refractivity contribution in [1.29, 1.82) is 0 Å². The average Bonchev–Trinajstić information content (AvgIpc) is 2.27. The predicted molar refractivity (Wildman–Crippen MR) is 64.9 cm³/mol. The van der Waals surface area contributed by atoms with E-state index in [1.54, 1.807) is 30.5 Å². The first-order valence-electron chi connectivity index (χ1n) is 4.81. The Bertz CT molecular complexity index is 497. The van der Waals surface area contributed by atoms with Crippen molar-refractivity contribution in [1.82, 2.24) is 4.98 Å². The maximum atomic E-state index is 5.73. The van der Waals surface area contributed by atoms with Crippen molar-refractivity contribution in [3.8, 4) is 11.6 Å². The second-order valence-corrected chi connectivity index (χ2v) is 3.87. The third-order valence-electron chi connectivity index (χ3n) is 2.16. The van der Waals surface area contributed by atoms with Crippen LogP contribution in [0.25, 0.3) is 0 Å². The Kier molecular flexibility index (Phi) is 2.97. The predicted octanol–water partition coefficient (Wildman–Crippen LogP) is 3.42. The Morgan fingerprint density at radius 3 is 2.69 bits per heavy atom. The van der Waals surface area contributed by atoms with E-state index in [4.69, 9.17) is 22.1 Å². The lowest BCUT2D eigenvalue weighted by Crippen LogP contribution is -1.91. The zero-order valence-corrected chi connectivity index (χ0v) is 9.53. The molecule has 2 N–H and O–H groups in total. The topological polar surface area (TPSA) is 48.1 Å². The molecule has 0 spiro atoms. The fraction of sp³-hybridized carbons (Fsp3) is 0.0833. The van der Waals surface area contributed by atoms with Crippen molar-refractivity contribution < 1.29 is 4.74 Å². The van der Waals surface area contributed by atoms with Gasteiger partial charge in [0.1, 0.15) is 5.75 Å². The third kappa shape index (κ3) is 2.44. The van der Waals surface area contributed by atoms with Gasteiger partial charge in [-0.3, -0.25) is 0 Å². The smallest absolute Gasteiger partial charge is 0.219 e. The Morgan fingerprint density at radius 2 is 2.06 bits per heavy atom. The minimum Gasteiger partial charge on any atom is -0.439 e. The highest BCUT2D eigenvalue weighted by Gasteiger charge is 2.00. The van der Waals surface area contributed by atoms with Gasteiger partial charge in [0.05, 0.1) is 5.02 Å². The highest BCUT2D eigenvalue weighted by molar-refractivity contribution is 6.30. The molecule has 4 heteroatoms. The number of rotatable bonds is 2. The largest absolute Gasteiger partial charge is 0.439 e. The molecule has 1 heterocycles. The van der Waals surface area contributed by atoms with E-state index >= 15 is 0 Å². The quantitative estimate of drug-likeness (QED) is 0.810. The van der Waals surface area contributed by atoms with E-state index in [0.717, 1.165) is 11.3 Å². The summed E-state index contributed by atoms with van der Waals surface area (Å²) in [5.74, 6) is 1.22. The highest BCUT2D eigenvalue weighted by atomic mass is 35.5. The number of pyridine rings is 1. The van der Waals surface area contributed by atoms with Crippen LogP contribution in [0.2, 0.25) is 5.02 Å². The van der Waals surface area contributed by atoms with Crippen molar-refractivity contribution in [2.45, 2.75) is 6.92 Å². The molecule has 0 saturated heterocycles. The van der Waals surface area contributed by atoms with E-state index in [0.29, 0.717) is 16.7 Å². The number of hydrogen-bond donors (Lipinski definition) is 1. The normalized spacial score (nSPS) is 10.1. The van der Waals surface area contributed by atoms with Crippen molar-refractivity contribution in [2.75, 3.05) is 5.73 Å². The number of aromatic nitrogens is 1. The van der Waals surface area contributed by atoms with Crippen LogP contribution in [0.4, 0.5) is 5.69 Å². The summed E-state index contributed by atoms with van der Waals surface area (Å²) in [7, 11) is 0. The average molecular weight is 235 g/mol. The van der Waals surface area contributed by atoms with E-state index in [2.05, 4.69) is 4.98 Å². The van der Waals surface area contributed by atoms with Crippen LogP contribution in [-0.2, 0) is 0 Å². The minimum atomic E-state index is 0.508. The molecule has 0 amide bonds. The molecule has 16 heavy (non-hydrogen) atoms. The van der Waals surface area contributed by atoms with E-state index in [1.807, 2.05) is 13.0 Å². The first kappa shape index (κ1) is 10.8. The van der Waals surface area contributed by atoms with Gasteiger partial charge in [0.15, 0.2) is 0 Å². The molecular formula is C12H11ClN2O. The van der Waals surface area contributed by atoms with Crippen molar-refractivity contribution >= 4 is 17.3 Å². The monoisotopic (exact) mass is 234 g/mol. The van der Waals surface area contributed by atoms with E-state index < -0.39 is 0 Å². The molecule has 0 fully saturated rings. The Hall–Kier alpha value is -1.74. The van der Waals surface area contributed by atoms with Crippen LogP contribution in [0.15, 0.2) is 36.5 Å². The molecule has 0 atom stereocenters. The van der Waals surface area contributed by atoms with Gasteiger partial charge in [0.2, 0.25) is 5.88 Å². The van der Waals surface area contributed by atoms with Gasteiger partial charge >= 0.3 is 0 Å². The number of benzene rings is 1. The summed E-state index contributed by atoms with van der Waals surface area (Å²) < 4.78 is 5.54. The molecule has 0 unspecified atom stereocenters. The zero-order valence-electron chi connectivity index (χ0n) is 8.77. The second kappa shape index (κ2) is 4.41. The first-order chi connectivity index (χ1) is 7.65.